The molecule has 9 aromatic rings. The second kappa shape index (κ2) is 26.6. The van der Waals surface area contributed by atoms with Gasteiger partial charge in [-0.2, -0.15) is 69.5 Å². The van der Waals surface area contributed by atoms with Gasteiger partial charge in [0.25, 0.3) is 20.2 Å². The molecule has 0 aliphatic heterocycles. The summed E-state index contributed by atoms with van der Waals surface area (Å²) in [5, 5.41) is -0.518. The molecule has 500 valence electrons. The van der Waals surface area contributed by atoms with Crippen LogP contribution >= 0.6 is 7.14 Å². The topological polar surface area (TPSA) is 248 Å². The second-order valence-corrected chi connectivity index (χ2v) is 28.2. The van der Waals surface area contributed by atoms with Gasteiger partial charge in [-0.3, -0.25) is 9.11 Å². The molecule has 0 radical (unpaired) electrons. The third-order valence-electron chi connectivity index (χ3n) is 14.5. The maximum absolute atomic E-state index is 15.3. The minimum Gasteiger partial charge on any atom is -0.497 e. The number of alkyl halides is 12. The molecule has 0 aromatic heterocycles. The molecule has 0 fully saturated rings. The highest BCUT2D eigenvalue weighted by atomic mass is 32.2. The van der Waals surface area contributed by atoms with Gasteiger partial charge in [-0.1, -0.05) is 90.5 Å². The Labute approximate surface area is 533 Å². The lowest BCUT2D eigenvalue weighted by Gasteiger charge is -2.38. The van der Waals surface area contributed by atoms with E-state index >= 15 is 30.9 Å². The molecule has 2 N–H and O–H groups in total. The average Bonchev–Trinajstić information content (AvgIpc) is 0.714. The Bertz CT molecular complexity index is 4780. The van der Waals surface area contributed by atoms with Crippen molar-refractivity contribution < 1.29 is 123 Å². The number of sulfone groups is 1. The van der Waals surface area contributed by atoms with E-state index in [9.17, 15) is 60.7 Å². The minimum atomic E-state index is -6.11. The first-order chi connectivity index (χ1) is 44.1. The molecule has 16 nitrogen and oxygen atoms in total. The first-order valence-electron chi connectivity index (χ1n) is 26.4. The SMILES string of the molecule is COc1ccc(C(c2ccc(Oc3ccc(S(=O)(=O)c4ccc(Oc5ccc(C(c6ccc(Oc7ccc(P(=O)(c8ccc(C)cc8)c8cccc(S(=O)(=O)O)c8)cc7S(=O)(=O)O)cc6)(C(F)(F)F)C(F)(F)F)cc5)cc4)cc3)cc2)(C(F)(F)F)C(F)(F)F)cc1.O=S(=O)=O. The molecular formula is C62H43F12O16PS4. The standard InChI is InChI=1S/C62H43F12O13PS3.O3S/c1-38-6-28-49(29-7-38)88(75,50-4-3-5-54(36-50)90(78,79)80)51-30-35-55(56(37-51)91(81,82)83)87-48-22-14-42(15-23-48)58(61(69,70)71,62(72,73)74)41-12-20-45(21-13-41)86-47-26-33-53(34-27-47)89(76,77)52-31-24-46(25-32-52)85-44-18-10-40(11-19-44)57(59(63,64)65,60(66,67)68)39-8-16-43(84-2)17-9-39;1-4(2)3/h3-37H,1-2H3,(H,78,79,80)(H,81,82,83);. The summed E-state index contributed by atoms with van der Waals surface area (Å²) < 4.78 is 339. The summed E-state index contributed by atoms with van der Waals surface area (Å²) in [7, 11) is -20.8. The van der Waals surface area contributed by atoms with Crippen LogP contribution in [-0.2, 0) is 56.1 Å². The van der Waals surface area contributed by atoms with Crippen LogP contribution in [0.2, 0.25) is 0 Å². The van der Waals surface area contributed by atoms with Crippen LogP contribution in [0.1, 0.15) is 27.8 Å². The molecule has 33 heteroatoms. The van der Waals surface area contributed by atoms with Gasteiger partial charge in [0.15, 0.2) is 7.14 Å². The highest BCUT2D eigenvalue weighted by Crippen LogP contribution is 2.58. The number of ether oxygens (including phenoxy) is 4. The van der Waals surface area contributed by atoms with Gasteiger partial charge in [0.05, 0.1) is 21.8 Å². The predicted octanol–water partition coefficient (Wildman–Crippen LogP) is 14.2. The van der Waals surface area contributed by atoms with Crippen LogP contribution in [0.3, 0.4) is 0 Å². The van der Waals surface area contributed by atoms with Crippen molar-refractivity contribution >= 4 is 63.7 Å². The van der Waals surface area contributed by atoms with Crippen LogP contribution in [0.25, 0.3) is 0 Å². The molecule has 0 amide bonds. The normalized spacial score (nSPS) is 13.3. The summed E-state index contributed by atoms with van der Waals surface area (Å²) in [6.07, 6.45) is -24.0. The Kier molecular flexibility index (Phi) is 20.1. The van der Waals surface area contributed by atoms with Crippen molar-refractivity contribution in [2.75, 3.05) is 7.11 Å². The Morgan fingerprint density at radius 2 is 0.695 bits per heavy atom. The van der Waals surface area contributed by atoms with Gasteiger partial charge in [0, 0.05) is 15.9 Å². The van der Waals surface area contributed by atoms with Crippen LogP contribution in [0, 0.1) is 6.92 Å². The molecule has 0 spiro atoms. The van der Waals surface area contributed by atoms with Crippen molar-refractivity contribution in [1.29, 1.82) is 0 Å². The lowest BCUT2D eigenvalue weighted by Crippen LogP contribution is -2.54. The predicted molar refractivity (Wildman–Crippen MR) is 317 cm³/mol. The number of aryl methyl sites for hydroxylation is 1. The molecule has 0 saturated carbocycles. The molecular weight excluding hydrogens is 1390 g/mol. The summed E-state index contributed by atoms with van der Waals surface area (Å²) in [5.74, 6) is -2.04. The van der Waals surface area contributed by atoms with Gasteiger partial charge in [0.2, 0.25) is 20.7 Å². The molecule has 0 bridgehead atoms. The van der Waals surface area contributed by atoms with E-state index < -0.39 is 127 Å². The van der Waals surface area contributed by atoms with Gasteiger partial charge in [0.1, 0.15) is 45.1 Å². The van der Waals surface area contributed by atoms with Crippen molar-refractivity contribution in [3.05, 3.63) is 240 Å². The Morgan fingerprint density at radius 1 is 0.379 bits per heavy atom. The van der Waals surface area contributed by atoms with Gasteiger partial charge < -0.3 is 23.5 Å². The summed E-state index contributed by atoms with van der Waals surface area (Å²) in [6.45, 7) is 1.70. The van der Waals surface area contributed by atoms with E-state index in [1.807, 2.05) is 0 Å². The number of methoxy groups -OCH3 is 1. The van der Waals surface area contributed by atoms with Gasteiger partial charge >= 0.3 is 35.3 Å². The van der Waals surface area contributed by atoms with Crippen LogP contribution in [-0.4, -0.2) is 78.8 Å². The van der Waals surface area contributed by atoms with E-state index in [1.54, 1.807) is 19.1 Å². The first kappa shape index (κ1) is 71.8. The Hall–Kier alpha value is -9.04. The second-order valence-electron chi connectivity index (χ2n) is 20.3. The number of hydrogen-bond donors (Lipinski definition) is 2. The largest absolute Gasteiger partial charge is 0.497 e. The van der Waals surface area contributed by atoms with Gasteiger partial charge in [-0.25, -0.2) is 8.42 Å². The molecule has 0 heterocycles. The molecule has 0 aliphatic carbocycles. The van der Waals surface area contributed by atoms with Crippen molar-refractivity contribution in [2.24, 2.45) is 0 Å². The average molecular weight is 1430 g/mol. The molecule has 0 saturated heterocycles. The van der Waals surface area contributed by atoms with Crippen LogP contribution in [0.15, 0.2) is 232 Å². The van der Waals surface area contributed by atoms with Gasteiger partial charge in [-0.15, -0.1) is 12.6 Å². The van der Waals surface area contributed by atoms with Crippen molar-refractivity contribution in [2.45, 2.75) is 62.0 Å². The molecule has 0 aliphatic rings. The fourth-order valence-corrected chi connectivity index (χ4v) is 15.3. The molecule has 9 aromatic carbocycles. The van der Waals surface area contributed by atoms with Crippen LogP contribution < -0.4 is 34.9 Å². The fourth-order valence-electron chi connectivity index (χ4n) is 10.1. The van der Waals surface area contributed by atoms with Gasteiger partial charge in [-0.05, 0) is 157 Å². The lowest BCUT2D eigenvalue weighted by molar-refractivity contribution is -0.290. The third kappa shape index (κ3) is 14.6. The maximum atomic E-state index is 15.3. The summed E-state index contributed by atoms with van der Waals surface area (Å²) in [6, 6.07) is 32.5. The fraction of sp³-hybridized carbons (Fsp3) is 0.129. The number of benzene rings is 9. The first-order valence-corrected chi connectivity index (χ1v) is 33.5. The Balaban J connectivity index is 0.00000281. The van der Waals surface area contributed by atoms with Crippen molar-refractivity contribution in [3.8, 4) is 40.2 Å². The lowest BCUT2D eigenvalue weighted by atomic mass is 9.73. The molecule has 9 rings (SSSR count). The van der Waals surface area contributed by atoms with E-state index in [4.69, 9.17) is 31.6 Å². The highest BCUT2D eigenvalue weighted by molar-refractivity contribution is 7.91. The quantitative estimate of drug-likeness (QED) is 0.0460. The zero-order valence-electron chi connectivity index (χ0n) is 47.9. The maximum Gasteiger partial charge on any atom is 0.425 e. The number of hydrogen-bond acceptors (Lipinski definition) is 14. The van der Waals surface area contributed by atoms with Crippen molar-refractivity contribution in [3.63, 3.8) is 0 Å². The summed E-state index contributed by atoms with van der Waals surface area (Å²) in [4.78, 5) is -2.41. The summed E-state index contributed by atoms with van der Waals surface area (Å²) >= 11 is 0. The van der Waals surface area contributed by atoms with Crippen LogP contribution in [0.5, 0.6) is 40.2 Å². The highest BCUT2D eigenvalue weighted by Gasteiger charge is 2.73. The van der Waals surface area contributed by atoms with E-state index in [0.717, 1.165) is 121 Å². The summed E-state index contributed by atoms with van der Waals surface area (Å²) in [5.41, 5.74) is -13.6. The third-order valence-corrected chi connectivity index (χ3v) is 21.0. The monoisotopic (exact) mass is 1430 g/mol. The minimum absolute atomic E-state index is 0.0124. The zero-order valence-corrected chi connectivity index (χ0v) is 52.1. The van der Waals surface area contributed by atoms with E-state index in [-0.39, 0.29) is 54.5 Å². The van der Waals surface area contributed by atoms with Crippen LogP contribution in [0.4, 0.5) is 52.7 Å². The molecule has 1 atom stereocenters. The molecule has 1 unspecified atom stereocenters. The number of halogens is 12. The smallest absolute Gasteiger partial charge is 0.425 e. The molecule has 95 heavy (non-hydrogen) atoms. The van der Waals surface area contributed by atoms with E-state index in [2.05, 4.69) is 0 Å². The van der Waals surface area contributed by atoms with E-state index in [1.165, 1.54) is 25.3 Å². The van der Waals surface area contributed by atoms with E-state index in [0.29, 0.717) is 66.2 Å². The Morgan fingerprint density at radius 3 is 1.02 bits per heavy atom. The van der Waals surface area contributed by atoms with Crippen molar-refractivity contribution in [1.82, 2.24) is 0 Å². The number of rotatable bonds is 18. The zero-order chi connectivity index (χ0) is 70.1.